The van der Waals surface area contributed by atoms with Crippen molar-refractivity contribution in [3.05, 3.63) is 40.0 Å². The number of benzene rings is 1. The number of aromatic nitrogens is 3. The summed E-state index contributed by atoms with van der Waals surface area (Å²) in [7, 11) is 0. The van der Waals surface area contributed by atoms with Crippen LogP contribution in [0.2, 0.25) is 0 Å². The standard InChI is InChI=1S/C12H13N5O4/c1-6(2)10-14-11(16-15-10)12(19)13-8-4-3-7(17(20)21)5-9(8)18/h3-6,18H,1-2H3,(H,13,19)(H,14,15,16). The molecule has 0 spiro atoms. The van der Waals surface area contributed by atoms with E-state index >= 15 is 0 Å². The number of non-ortho nitro benzene ring substituents is 1. The van der Waals surface area contributed by atoms with E-state index in [1.807, 2.05) is 13.8 Å². The summed E-state index contributed by atoms with van der Waals surface area (Å²) in [4.78, 5) is 25.8. The number of anilines is 1. The second-order valence-electron chi connectivity index (χ2n) is 4.61. The Morgan fingerprint density at radius 1 is 1.48 bits per heavy atom. The Hall–Kier alpha value is -2.97. The molecule has 0 aliphatic rings. The monoisotopic (exact) mass is 291 g/mol. The van der Waals surface area contributed by atoms with E-state index in [4.69, 9.17) is 0 Å². The molecule has 110 valence electrons. The maximum Gasteiger partial charge on any atom is 0.295 e. The number of aromatic hydroxyl groups is 1. The molecule has 0 unspecified atom stereocenters. The van der Waals surface area contributed by atoms with Gasteiger partial charge in [-0.1, -0.05) is 13.8 Å². The molecule has 9 nitrogen and oxygen atoms in total. The third-order valence-electron chi connectivity index (χ3n) is 2.69. The van der Waals surface area contributed by atoms with Gasteiger partial charge in [-0.15, -0.1) is 5.10 Å². The first-order valence-corrected chi connectivity index (χ1v) is 6.09. The van der Waals surface area contributed by atoms with Crippen molar-refractivity contribution in [1.82, 2.24) is 15.2 Å². The van der Waals surface area contributed by atoms with Gasteiger partial charge in [0.1, 0.15) is 11.6 Å². The Balaban J connectivity index is 2.17. The molecule has 1 amide bonds. The van der Waals surface area contributed by atoms with Gasteiger partial charge >= 0.3 is 0 Å². The lowest BCUT2D eigenvalue weighted by molar-refractivity contribution is -0.384. The van der Waals surface area contributed by atoms with Crippen LogP contribution in [0.3, 0.4) is 0 Å². The van der Waals surface area contributed by atoms with Gasteiger partial charge in [-0.3, -0.25) is 20.0 Å². The minimum atomic E-state index is -0.643. The molecule has 1 aromatic carbocycles. The number of nitrogens with one attached hydrogen (secondary N) is 2. The van der Waals surface area contributed by atoms with E-state index < -0.39 is 16.6 Å². The van der Waals surface area contributed by atoms with Crippen LogP contribution in [0.1, 0.15) is 36.2 Å². The minimum Gasteiger partial charge on any atom is -0.506 e. The lowest BCUT2D eigenvalue weighted by Crippen LogP contribution is -2.14. The second kappa shape index (κ2) is 5.57. The topological polar surface area (TPSA) is 134 Å². The van der Waals surface area contributed by atoms with Crippen LogP contribution in [0.25, 0.3) is 0 Å². The van der Waals surface area contributed by atoms with Crippen molar-refractivity contribution < 1.29 is 14.8 Å². The first-order valence-electron chi connectivity index (χ1n) is 6.09. The Kier molecular flexibility index (Phi) is 3.83. The fourth-order valence-electron chi connectivity index (χ4n) is 1.55. The number of phenols is 1. The van der Waals surface area contributed by atoms with E-state index in [1.165, 1.54) is 12.1 Å². The average Bonchev–Trinajstić information content (AvgIpc) is 2.90. The van der Waals surface area contributed by atoms with Crippen LogP contribution in [0.4, 0.5) is 11.4 Å². The lowest BCUT2D eigenvalue weighted by Gasteiger charge is -2.04. The van der Waals surface area contributed by atoms with E-state index in [2.05, 4.69) is 20.5 Å². The van der Waals surface area contributed by atoms with Crippen molar-refractivity contribution >= 4 is 17.3 Å². The number of carbonyl (C=O) groups is 1. The number of nitrogens with zero attached hydrogens (tertiary/aromatic N) is 3. The summed E-state index contributed by atoms with van der Waals surface area (Å²) in [6.45, 7) is 3.79. The van der Waals surface area contributed by atoms with Crippen molar-refractivity contribution in [3.63, 3.8) is 0 Å². The highest BCUT2D eigenvalue weighted by Gasteiger charge is 2.17. The third-order valence-corrected chi connectivity index (χ3v) is 2.69. The van der Waals surface area contributed by atoms with E-state index in [1.54, 1.807) is 0 Å². The molecule has 0 bridgehead atoms. The summed E-state index contributed by atoms with van der Waals surface area (Å²) < 4.78 is 0. The molecule has 2 rings (SSSR count). The van der Waals surface area contributed by atoms with E-state index in [-0.39, 0.29) is 23.1 Å². The molecular weight excluding hydrogens is 278 g/mol. The normalized spacial score (nSPS) is 10.6. The van der Waals surface area contributed by atoms with Crippen LogP contribution in [-0.4, -0.2) is 31.1 Å². The molecule has 0 saturated carbocycles. The highest BCUT2D eigenvalue weighted by molar-refractivity contribution is 6.02. The Bertz CT molecular complexity index is 695. The number of nitro groups is 1. The number of aromatic amines is 1. The van der Waals surface area contributed by atoms with Gasteiger partial charge < -0.3 is 10.4 Å². The lowest BCUT2D eigenvalue weighted by atomic mass is 10.2. The first-order chi connectivity index (χ1) is 9.88. The van der Waals surface area contributed by atoms with Gasteiger partial charge in [0.15, 0.2) is 0 Å². The Morgan fingerprint density at radius 3 is 2.71 bits per heavy atom. The molecule has 21 heavy (non-hydrogen) atoms. The summed E-state index contributed by atoms with van der Waals surface area (Å²) in [5.74, 6) is -0.448. The second-order valence-corrected chi connectivity index (χ2v) is 4.61. The van der Waals surface area contributed by atoms with Crippen molar-refractivity contribution in [2.45, 2.75) is 19.8 Å². The third kappa shape index (κ3) is 3.14. The maximum atomic E-state index is 11.9. The summed E-state index contributed by atoms with van der Waals surface area (Å²) in [5.41, 5.74) is -0.230. The van der Waals surface area contributed by atoms with Gasteiger partial charge in [-0.2, -0.15) is 0 Å². The molecular formula is C12H13N5O4. The van der Waals surface area contributed by atoms with Crippen LogP contribution in [0.5, 0.6) is 5.75 Å². The summed E-state index contributed by atoms with van der Waals surface area (Å²) in [6, 6.07) is 3.36. The molecule has 0 aliphatic heterocycles. The molecule has 9 heteroatoms. The van der Waals surface area contributed by atoms with Gasteiger partial charge in [-0.25, -0.2) is 4.98 Å². The Morgan fingerprint density at radius 2 is 2.19 bits per heavy atom. The number of phenolic OH excluding ortho intramolecular Hbond substituents is 1. The van der Waals surface area contributed by atoms with Crippen LogP contribution in [-0.2, 0) is 0 Å². The molecule has 0 aliphatic carbocycles. The zero-order chi connectivity index (χ0) is 15.6. The predicted octanol–water partition coefficient (Wildman–Crippen LogP) is 1.79. The van der Waals surface area contributed by atoms with Gasteiger partial charge in [0.05, 0.1) is 16.7 Å². The van der Waals surface area contributed by atoms with Crippen LogP contribution >= 0.6 is 0 Å². The number of hydrogen-bond acceptors (Lipinski definition) is 6. The van der Waals surface area contributed by atoms with Gasteiger partial charge in [-0.05, 0) is 6.07 Å². The van der Waals surface area contributed by atoms with Crippen molar-refractivity contribution in [2.75, 3.05) is 5.32 Å². The van der Waals surface area contributed by atoms with E-state index in [0.29, 0.717) is 5.82 Å². The van der Waals surface area contributed by atoms with Crippen molar-refractivity contribution in [3.8, 4) is 5.75 Å². The Labute approximate surface area is 119 Å². The molecule has 1 aromatic heterocycles. The van der Waals surface area contributed by atoms with Crippen molar-refractivity contribution in [2.24, 2.45) is 0 Å². The van der Waals surface area contributed by atoms with Gasteiger partial charge in [0.25, 0.3) is 11.6 Å². The van der Waals surface area contributed by atoms with Gasteiger partial charge in [0, 0.05) is 12.0 Å². The molecule has 0 atom stereocenters. The van der Waals surface area contributed by atoms with Gasteiger partial charge in [0.2, 0.25) is 5.82 Å². The molecule has 1 heterocycles. The van der Waals surface area contributed by atoms with E-state index in [9.17, 15) is 20.0 Å². The fourth-order valence-corrected chi connectivity index (χ4v) is 1.55. The molecule has 3 N–H and O–H groups in total. The van der Waals surface area contributed by atoms with Crippen LogP contribution < -0.4 is 5.32 Å². The van der Waals surface area contributed by atoms with Crippen molar-refractivity contribution in [1.29, 1.82) is 0 Å². The zero-order valence-electron chi connectivity index (χ0n) is 11.3. The fraction of sp³-hybridized carbons (Fsp3) is 0.250. The molecule has 0 saturated heterocycles. The molecule has 0 fully saturated rings. The number of H-pyrrole nitrogens is 1. The quantitative estimate of drug-likeness (QED) is 0.446. The molecule has 2 aromatic rings. The summed E-state index contributed by atoms with van der Waals surface area (Å²) in [5, 5.41) is 29.0. The molecule has 0 radical (unpaired) electrons. The van der Waals surface area contributed by atoms with E-state index in [0.717, 1.165) is 6.07 Å². The number of hydrogen-bond donors (Lipinski definition) is 3. The minimum absolute atomic E-state index is 0.0431. The van der Waals surface area contributed by atoms with Crippen LogP contribution in [0, 0.1) is 10.1 Å². The summed E-state index contributed by atoms with van der Waals surface area (Å²) in [6.07, 6.45) is 0. The average molecular weight is 291 g/mol. The predicted molar refractivity (Wildman–Crippen MR) is 73.2 cm³/mol. The zero-order valence-corrected chi connectivity index (χ0v) is 11.3. The SMILES string of the molecule is CC(C)c1nc(C(=O)Nc2ccc([N+](=O)[O-])cc2O)n[nH]1. The number of rotatable bonds is 4. The van der Waals surface area contributed by atoms with Crippen LogP contribution in [0.15, 0.2) is 18.2 Å². The number of amides is 1. The smallest absolute Gasteiger partial charge is 0.295 e. The largest absolute Gasteiger partial charge is 0.506 e. The number of nitro benzene ring substituents is 1. The summed E-state index contributed by atoms with van der Waals surface area (Å²) >= 11 is 0. The highest BCUT2D eigenvalue weighted by Crippen LogP contribution is 2.28. The number of carbonyl (C=O) groups excluding carboxylic acids is 1. The first kappa shape index (κ1) is 14.4. The maximum absolute atomic E-state index is 11.9. The highest BCUT2D eigenvalue weighted by atomic mass is 16.6.